The van der Waals surface area contributed by atoms with Crippen molar-refractivity contribution in [2.24, 2.45) is 11.8 Å². The van der Waals surface area contributed by atoms with Gasteiger partial charge in [0.25, 0.3) is 5.91 Å². The molecule has 0 aliphatic carbocycles. The molecule has 4 atom stereocenters. The van der Waals surface area contributed by atoms with Crippen LogP contribution in [-0.2, 0) is 19.9 Å². The normalized spacial score (nSPS) is 30.0. The van der Waals surface area contributed by atoms with E-state index in [1.54, 1.807) is 23.9 Å². The van der Waals surface area contributed by atoms with E-state index in [9.17, 15) is 14.4 Å². The molecule has 3 heterocycles. The summed E-state index contributed by atoms with van der Waals surface area (Å²) in [6.45, 7) is 0. The molecule has 2 saturated heterocycles. The number of hydrogen-bond acceptors (Lipinski definition) is 4. The third-order valence-electron chi connectivity index (χ3n) is 6.45. The summed E-state index contributed by atoms with van der Waals surface area (Å²) in [6, 6.07) is 16.4. The minimum absolute atomic E-state index is 0.116. The van der Waals surface area contributed by atoms with Gasteiger partial charge in [-0.2, -0.15) is 11.8 Å². The molecule has 0 bridgehead atoms. The maximum absolute atomic E-state index is 13.6. The van der Waals surface area contributed by atoms with Crippen LogP contribution in [0.1, 0.15) is 12.0 Å². The lowest BCUT2D eigenvalue weighted by atomic mass is 9.76. The highest BCUT2D eigenvalue weighted by atomic mass is 32.2. The van der Waals surface area contributed by atoms with E-state index in [0.29, 0.717) is 5.69 Å². The fraction of sp³-hybridized carbons (Fsp3) is 0.318. The summed E-state index contributed by atoms with van der Waals surface area (Å²) in [5.41, 5.74) is 1.03. The first-order chi connectivity index (χ1) is 14.1. The molecule has 5 rings (SSSR count). The fourth-order valence-electron chi connectivity index (χ4n) is 5.27. The second kappa shape index (κ2) is 6.71. The van der Waals surface area contributed by atoms with E-state index >= 15 is 0 Å². The Kier molecular flexibility index (Phi) is 4.26. The molecule has 29 heavy (non-hydrogen) atoms. The van der Waals surface area contributed by atoms with Gasteiger partial charge in [0.1, 0.15) is 17.9 Å². The first-order valence-corrected chi connectivity index (χ1v) is 11.2. The van der Waals surface area contributed by atoms with Crippen molar-refractivity contribution in [3.8, 4) is 0 Å². The van der Waals surface area contributed by atoms with Gasteiger partial charge in [-0.1, -0.05) is 36.4 Å². The number of amides is 3. The molecule has 7 heteroatoms. The topological polar surface area (TPSA) is 83.1 Å². The average molecular weight is 409 g/mol. The molecule has 0 saturated carbocycles. The highest BCUT2D eigenvalue weighted by molar-refractivity contribution is 7.98. The molecule has 2 aromatic carbocycles. The van der Waals surface area contributed by atoms with Crippen LogP contribution in [0.2, 0.25) is 0 Å². The second-order valence-corrected chi connectivity index (χ2v) is 8.82. The number of benzene rings is 2. The monoisotopic (exact) mass is 408 g/mol. The number of anilines is 2. The fourth-order valence-corrected chi connectivity index (χ4v) is 5.78. The summed E-state index contributed by atoms with van der Waals surface area (Å²) < 4.78 is 0. The SMILES string of the molecule is CSCC[C@@H]1[NH2+][C@]2(C(=O)Nc3ccccc32)[C@@H]2C(=O)N(c3ccccc3)C(=O)[C@H]12. The van der Waals surface area contributed by atoms with Crippen molar-refractivity contribution >= 4 is 40.9 Å². The Balaban J connectivity index is 1.65. The smallest absolute Gasteiger partial charge is 0.291 e. The van der Waals surface area contributed by atoms with Crippen LogP contribution in [0.15, 0.2) is 54.6 Å². The molecule has 3 aliphatic rings. The molecule has 3 amide bonds. The number of para-hydroxylation sites is 2. The average Bonchev–Trinajstić information content (AvgIpc) is 3.32. The molecule has 2 fully saturated rings. The second-order valence-electron chi connectivity index (χ2n) is 7.83. The molecular weight excluding hydrogens is 386 g/mol. The lowest BCUT2D eigenvalue weighted by molar-refractivity contribution is -0.733. The molecule has 0 aromatic heterocycles. The van der Waals surface area contributed by atoms with E-state index in [1.807, 2.05) is 54.0 Å². The Morgan fingerprint density at radius 3 is 2.52 bits per heavy atom. The predicted molar refractivity (Wildman–Crippen MR) is 111 cm³/mol. The van der Waals surface area contributed by atoms with Crippen LogP contribution in [0.5, 0.6) is 0 Å². The van der Waals surface area contributed by atoms with E-state index in [1.165, 1.54) is 4.90 Å². The summed E-state index contributed by atoms with van der Waals surface area (Å²) in [5, 5.41) is 4.95. The number of rotatable bonds is 4. The zero-order valence-electron chi connectivity index (χ0n) is 16.0. The maximum atomic E-state index is 13.6. The standard InChI is InChI=1S/C22H21N3O3S/c1-29-12-11-16-17-18(20(27)25(19(17)26)13-7-3-2-4-8-13)22(24-16)14-9-5-6-10-15(14)23-21(22)28/h2-10,16-18,24H,11-12H2,1H3,(H,23,28)/p+1/t16-,17+,18-,22-/m0/s1. The van der Waals surface area contributed by atoms with Crippen molar-refractivity contribution in [1.82, 2.24) is 0 Å². The molecule has 2 aromatic rings. The third-order valence-corrected chi connectivity index (χ3v) is 7.09. The van der Waals surface area contributed by atoms with Gasteiger partial charge in [-0.05, 0) is 30.2 Å². The van der Waals surface area contributed by atoms with E-state index in [2.05, 4.69) is 5.32 Å². The maximum Gasteiger partial charge on any atom is 0.291 e. The third kappa shape index (κ3) is 2.44. The van der Waals surface area contributed by atoms with Crippen LogP contribution in [0, 0.1) is 11.8 Å². The van der Waals surface area contributed by atoms with Crippen molar-refractivity contribution in [2.75, 3.05) is 22.2 Å². The Labute approximate surface area is 173 Å². The summed E-state index contributed by atoms with van der Waals surface area (Å²) in [7, 11) is 0. The summed E-state index contributed by atoms with van der Waals surface area (Å²) in [4.78, 5) is 41.7. The number of carbonyl (C=O) groups is 3. The molecule has 6 nitrogen and oxygen atoms in total. The minimum atomic E-state index is -1.08. The highest BCUT2D eigenvalue weighted by Crippen LogP contribution is 2.50. The molecule has 3 N–H and O–H groups in total. The summed E-state index contributed by atoms with van der Waals surface area (Å²) in [5.74, 6) is -1.01. The van der Waals surface area contributed by atoms with Crippen LogP contribution < -0.4 is 15.5 Å². The van der Waals surface area contributed by atoms with Gasteiger partial charge >= 0.3 is 0 Å². The van der Waals surface area contributed by atoms with Gasteiger partial charge in [0.05, 0.1) is 11.4 Å². The lowest BCUT2D eigenvalue weighted by Gasteiger charge is -2.26. The Hall–Kier alpha value is -2.64. The number of thioether (sulfide) groups is 1. The van der Waals surface area contributed by atoms with Crippen LogP contribution >= 0.6 is 11.8 Å². The van der Waals surface area contributed by atoms with E-state index in [4.69, 9.17) is 0 Å². The lowest BCUT2D eigenvalue weighted by Crippen LogP contribution is -2.99. The quantitative estimate of drug-likeness (QED) is 0.748. The first-order valence-electron chi connectivity index (χ1n) is 9.78. The summed E-state index contributed by atoms with van der Waals surface area (Å²) >= 11 is 1.71. The van der Waals surface area contributed by atoms with Gasteiger partial charge in [-0.3, -0.25) is 14.4 Å². The van der Waals surface area contributed by atoms with Crippen LogP contribution in [0.4, 0.5) is 11.4 Å². The predicted octanol–water partition coefficient (Wildman–Crippen LogP) is 1.34. The van der Waals surface area contributed by atoms with Crippen molar-refractivity contribution in [3.63, 3.8) is 0 Å². The number of carbonyl (C=O) groups excluding carboxylic acids is 3. The number of nitrogens with one attached hydrogen (secondary N) is 1. The molecule has 0 unspecified atom stereocenters. The van der Waals surface area contributed by atoms with Gasteiger partial charge in [0.15, 0.2) is 0 Å². The van der Waals surface area contributed by atoms with Gasteiger partial charge < -0.3 is 10.6 Å². The molecule has 148 valence electrons. The Bertz CT molecular complexity index is 1010. The Morgan fingerprint density at radius 2 is 1.76 bits per heavy atom. The number of hydrogen-bond donors (Lipinski definition) is 2. The van der Waals surface area contributed by atoms with E-state index in [-0.39, 0.29) is 23.8 Å². The number of quaternary nitrogens is 1. The minimum Gasteiger partial charge on any atom is -0.326 e. The van der Waals surface area contributed by atoms with E-state index in [0.717, 1.165) is 23.4 Å². The first kappa shape index (κ1) is 18.4. The number of nitrogens with zero attached hydrogens (tertiary/aromatic N) is 1. The Morgan fingerprint density at radius 1 is 1.03 bits per heavy atom. The van der Waals surface area contributed by atoms with Gasteiger partial charge in [-0.15, -0.1) is 0 Å². The zero-order valence-corrected chi connectivity index (χ0v) is 16.8. The van der Waals surface area contributed by atoms with Crippen molar-refractivity contribution in [3.05, 3.63) is 60.2 Å². The molecule has 1 spiro atoms. The van der Waals surface area contributed by atoms with Gasteiger partial charge in [-0.25, -0.2) is 4.90 Å². The van der Waals surface area contributed by atoms with Crippen molar-refractivity contribution in [2.45, 2.75) is 18.0 Å². The van der Waals surface area contributed by atoms with Crippen LogP contribution in [0.25, 0.3) is 0 Å². The molecular formula is C22H22N3O3S+. The van der Waals surface area contributed by atoms with Crippen LogP contribution in [-0.4, -0.2) is 35.8 Å². The zero-order chi connectivity index (χ0) is 20.2. The largest absolute Gasteiger partial charge is 0.326 e. The van der Waals surface area contributed by atoms with Crippen molar-refractivity contribution < 1.29 is 19.7 Å². The van der Waals surface area contributed by atoms with E-state index < -0.39 is 17.4 Å². The molecule has 0 radical (unpaired) electrons. The number of fused-ring (bicyclic) bond motifs is 4. The van der Waals surface area contributed by atoms with Gasteiger partial charge in [0.2, 0.25) is 17.4 Å². The molecule has 3 aliphatic heterocycles. The van der Waals surface area contributed by atoms with Crippen LogP contribution in [0.3, 0.4) is 0 Å². The van der Waals surface area contributed by atoms with Crippen molar-refractivity contribution in [1.29, 1.82) is 0 Å². The number of nitrogens with two attached hydrogens (primary N) is 1. The highest BCUT2D eigenvalue weighted by Gasteiger charge is 2.74. The van der Waals surface area contributed by atoms with Gasteiger partial charge in [0, 0.05) is 12.0 Å². The summed E-state index contributed by atoms with van der Waals surface area (Å²) in [6.07, 6.45) is 2.79. The number of imide groups is 1.